The van der Waals surface area contributed by atoms with E-state index < -0.39 is 5.54 Å². The molecule has 20 heavy (non-hydrogen) atoms. The molecular weight excluding hydrogens is 252 g/mol. The van der Waals surface area contributed by atoms with Crippen LogP contribution >= 0.6 is 0 Å². The summed E-state index contributed by atoms with van der Waals surface area (Å²) in [6.45, 7) is 0. The Hall–Kier alpha value is -0.610. The van der Waals surface area contributed by atoms with Gasteiger partial charge in [-0.1, -0.05) is 12.8 Å². The number of nitrogens with zero attached hydrogens (tertiary/aromatic N) is 1. The summed E-state index contributed by atoms with van der Waals surface area (Å²) in [5.41, 5.74) is -0.409. The Morgan fingerprint density at radius 1 is 1.15 bits per heavy atom. The largest absolute Gasteiger partial charge is 0.468 e. The number of ether oxygens (including phenoxy) is 1. The lowest BCUT2D eigenvalue weighted by Gasteiger charge is -2.33. The first-order chi connectivity index (χ1) is 9.64. The number of rotatable bonds is 5. The van der Waals surface area contributed by atoms with E-state index in [1.807, 2.05) is 0 Å². The van der Waals surface area contributed by atoms with E-state index in [2.05, 4.69) is 17.3 Å². The third kappa shape index (κ3) is 2.73. The summed E-state index contributed by atoms with van der Waals surface area (Å²) in [5, 5.41) is 3.59. The molecular formula is C16H28N2O2. The Bertz CT molecular complexity index is 363. The molecule has 4 heteroatoms. The second kappa shape index (κ2) is 5.64. The van der Waals surface area contributed by atoms with E-state index in [-0.39, 0.29) is 5.97 Å². The highest BCUT2D eigenvalue weighted by Gasteiger charge is 2.50. The van der Waals surface area contributed by atoms with Crippen LogP contribution in [-0.4, -0.2) is 48.7 Å². The molecule has 3 aliphatic rings. The van der Waals surface area contributed by atoms with Crippen molar-refractivity contribution in [3.8, 4) is 0 Å². The summed E-state index contributed by atoms with van der Waals surface area (Å²) in [5.74, 6) is -0.0493. The summed E-state index contributed by atoms with van der Waals surface area (Å²) in [4.78, 5) is 14.8. The van der Waals surface area contributed by atoms with Crippen LogP contribution in [0.4, 0.5) is 0 Å². The van der Waals surface area contributed by atoms with Crippen LogP contribution in [0.5, 0.6) is 0 Å². The van der Waals surface area contributed by atoms with Gasteiger partial charge in [0.25, 0.3) is 0 Å². The van der Waals surface area contributed by atoms with Crippen LogP contribution in [0.3, 0.4) is 0 Å². The lowest BCUT2D eigenvalue weighted by molar-refractivity contribution is -0.148. The zero-order valence-electron chi connectivity index (χ0n) is 12.9. The first-order valence-corrected chi connectivity index (χ1v) is 8.23. The van der Waals surface area contributed by atoms with Crippen molar-refractivity contribution in [1.29, 1.82) is 0 Å². The van der Waals surface area contributed by atoms with Gasteiger partial charge < -0.3 is 9.64 Å². The zero-order valence-corrected chi connectivity index (χ0v) is 12.9. The molecule has 0 bridgehead atoms. The van der Waals surface area contributed by atoms with Crippen molar-refractivity contribution in [2.45, 2.75) is 81.5 Å². The lowest BCUT2D eigenvalue weighted by atomic mass is 9.96. The summed E-state index contributed by atoms with van der Waals surface area (Å²) < 4.78 is 5.10. The Morgan fingerprint density at radius 3 is 2.45 bits per heavy atom. The Kier molecular flexibility index (Phi) is 4.04. The molecule has 0 heterocycles. The van der Waals surface area contributed by atoms with Crippen molar-refractivity contribution < 1.29 is 9.53 Å². The Balaban J connectivity index is 1.66. The number of carbonyl (C=O) groups excluding carboxylic acids is 1. The molecule has 3 saturated carbocycles. The van der Waals surface area contributed by atoms with Gasteiger partial charge in [-0.05, 0) is 52.0 Å². The van der Waals surface area contributed by atoms with Crippen molar-refractivity contribution in [2.75, 3.05) is 14.2 Å². The summed E-state index contributed by atoms with van der Waals surface area (Å²) in [7, 11) is 3.78. The van der Waals surface area contributed by atoms with Crippen molar-refractivity contribution >= 4 is 5.97 Å². The second-order valence-electron chi connectivity index (χ2n) is 6.99. The molecule has 0 amide bonds. The fourth-order valence-corrected chi connectivity index (χ4v) is 4.17. The van der Waals surface area contributed by atoms with Crippen molar-refractivity contribution in [1.82, 2.24) is 10.2 Å². The van der Waals surface area contributed by atoms with Gasteiger partial charge in [0.1, 0.15) is 5.54 Å². The minimum Gasteiger partial charge on any atom is -0.468 e. The molecule has 0 aromatic heterocycles. The SMILES string of the molecule is COC(=O)C1(NC2CC2)CCC(N(C)C2CCCC2)C1. The highest BCUT2D eigenvalue weighted by molar-refractivity contribution is 5.81. The number of carbonyl (C=O) groups is 1. The van der Waals surface area contributed by atoms with Gasteiger partial charge in [0, 0.05) is 18.1 Å². The number of methoxy groups -OCH3 is 1. The quantitative estimate of drug-likeness (QED) is 0.783. The van der Waals surface area contributed by atoms with Crippen LogP contribution in [0, 0.1) is 0 Å². The van der Waals surface area contributed by atoms with Gasteiger partial charge in [-0.3, -0.25) is 10.1 Å². The van der Waals surface area contributed by atoms with Crippen molar-refractivity contribution in [3.63, 3.8) is 0 Å². The van der Waals surface area contributed by atoms with Gasteiger partial charge >= 0.3 is 5.97 Å². The van der Waals surface area contributed by atoms with Crippen molar-refractivity contribution in [2.24, 2.45) is 0 Å². The van der Waals surface area contributed by atoms with Crippen LogP contribution in [0.25, 0.3) is 0 Å². The Morgan fingerprint density at radius 2 is 1.85 bits per heavy atom. The van der Waals surface area contributed by atoms with Gasteiger partial charge in [-0.2, -0.15) is 0 Å². The van der Waals surface area contributed by atoms with E-state index >= 15 is 0 Å². The average Bonchev–Trinajstić information content (AvgIpc) is 2.97. The summed E-state index contributed by atoms with van der Waals surface area (Å²) in [6, 6.07) is 1.81. The van der Waals surface area contributed by atoms with Gasteiger partial charge in [0.05, 0.1) is 7.11 Å². The maximum Gasteiger partial charge on any atom is 0.326 e. The summed E-state index contributed by atoms with van der Waals surface area (Å²) >= 11 is 0. The molecule has 0 spiro atoms. The molecule has 3 aliphatic carbocycles. The molecule has 0 aliphatic heterocycles. The lowest BCUT2D eigenvalue weighted by Crippen LogP contribution is -2.53. The standard InChI is InChI=1S/C16H28N2O2/c1-18(13-5-3-4-6-13)14-9-10-16(11-14,15(19)20-2)17-12-7-8-12/h12-14,17H,3-11H2,1-2H3. The number of nitrogens with one attached hydrogen (secondary N) is 1. The van der Waals surface area contributed by atoms with E-state index in [4.69, 9.17) is 4.74 Å². The monoisotopic (exact) mass is 280 g/mol. The second-order valence-corrected chi connectivity index (χ2v) is 6.99. The molecule has 2 unspecified atom stereocenters. The highest BCUT2D eigenvalue weighted by atomic mass is 16.5. The van der Waals surface area contributed by atoms with Crippen LogP contribution in [0.2, 0.25) is 0 Å². The smallest absolute Gasteiger partial charge is 0.326 e. The van der Waals surface area contributed by atoms with E-state index in [0.29, 0.717) is 12.1 Å². The summed E-state index contributed by atoms with van der Waals surface area (Å²) in [6.07, 6.45) is 10.8. The topological polar surface area (TPSA) is 41.6 Å². The van der Waals surface area contributed by atoms with Gasteiger partial charge in [0.2, 0.25) is 0 Å². The van der Waals surface area contributed by atoms with Crippen LogP contribution < -0.4 is 5.32 Å². The van der Waals surface area contributed by atoms with Gasteiger partial charge in [-0.25, -0.2) is 0 Å². The molecule has 3 rings (SSSR count). The van der Waals surface area contributed by atoms with Crippen LogP contribution in [-0.2, 0) is 9.53 Å². The van der Waals surface area contributed by atoms with E-state index in [9.17, 15) is 4.79 Å². The zero-order chi connectivity index (χ0) is 14.2. The van der Waals surface area contributed by atoms with E-state index in [0.717, 1.165) is 25.3 Å². The first kappa shape index (κ1) is 14.3. The molecule has 2 atom stereocenters. The first-order valence-electron chi connectivity index (χ1n) is 8.23. The molecule has 0 saturated heterocycles. The minimum absolute atomic E-state index is 0.0493. The third-order valence-corrected chi connectivity index (χ3v) is 5.60. The predicted octanol–water partition coefficient (Wildman–Crippen LogP) is 2.08. The molecule has 3 fully saturated rings. The normalized spacial score (nSPS) is 34.9. The third-order valence-electron chi connectivity index (χ3n) is 5.60. The molecule has 0 radical (unpaired) electrons. The van der Waals surface area contributed by atoms with Crippen LogP contribution in [0.15, 0.2) is 0 Å². The maximum absolute atomic E-state index is 12.3. The maximum atomic E-state index is 12.3. The van der Waals surface area contributed by atoms with E-state index in [1.54, 1.807) is 0 Å². The molecule has 1 N–H and O–H groups in total. The molecule has 114 valence electrons. The Labute approximate surface area is 122 Å². The molecule has 0 aromatic rings. The van der Waals surface area contributed by atoms with E-state index in [1.165, 1.54) is 45.6 Å². The van der Waals surface area contributed by atoms with Gasteiger partial charge in [-0.15, -0.1) is 0 Å². The van der Waals surface area contributed by atoms with Crippen molar-refractivity contribution in [3.05, 3.63) is 0 Å². The van der Waals surface area contributed by atoms with Crippen LogP contribution in [0.1, 0.15) is 57.8 Å². The molecule has 0 aromatic carbocycles. The highest BCUT2D eigenvalue weighted by Crippen LogP contribution is 2.38. The number of hydrogen-bond donors (Lipinski definition) is 1. The number of hydrogen-bond acceptors (Lipinski definition) is 4. The number of esters is 1. The fraction of sp³-hybridized carbons (Fsp3) is 0.938. The predicted molar refractivity (Wildman–Crippen MR) is 78.6 cm³/mol. The van der Waals surface area contributed by atoms with Gasteiger partial charge in [0.15, 0.2) is 0 Å². The fourth-order valence-electron chi connectivity index (χ4n) is 4.17. The minimum atomic E-state index is -0.409. The molecule has 4 nitrogen and oxygen atoms in total. The average molecular weight is 280 g/mol.